The third kappa shape index (κ3) is 4.11. The van der Waals surface area contributed by atoms with E-state index in [4.69, 9.17) is 16.3 Å². The van der Waals surface area contributed by atoms with Crippen molar-refractivity contribution in [1.82, 2.24) is 19.6 Å². The maximum atomic E-state index is 13.0. The van der Waals surface area contributed by atoms with Crippen LogP contribution in [0.5, 0.6) is 5.75 Å². The molecule has 0 spiro atoms. The molecule has 0 aliphatic carbocycles. The third-order valence-corrected chi connectivity index (χ3v) is 5.18. The maximum absolute atomic E-state index is 13.0. The molecular formula is C22H20ClN5O2. The monoisotopic (exact) mass is 421 g/mol. The van der Waals surface area contributed by atoms with Gasteiger partial charge in [-0.3, -0.25) is 4.79 Å². The second-order valence-electron chi connectivity index (χ2n) is 6.75. The minimum absolute atomic E-state index is 0.103. The number of para-hydroxylation sites is 2. The molecule has 2 aromatic carbocycles. The molecule has 7 nitrogen and oxygen atoms in total. The summed E-state index contributed by atoms with van der Waals surface area (Å²) in [7, 11) is 0. The van der Waals surface area contributed by atoms with Crippen LogP contribution in [0.25, 0.3) is 5.78 Å². The number of amides is 1. The zero-order valence-electron chi connectivity index (χ0n) is 16.6. The van der Waals surface area contributed by atoms with Gasteiger partial charge >= 0.3 is 0 Å². The highest BCUT2D eigenvalue weighted by molar-refractivity contribution is 6.31. The lowest BCUT2D eigenvalue weighted by Crippen LogP contribution is -2.35. The lowest BCUT2D eigenvalue weighted by molar-refractivity contribution is -0.120. The lowest BCUT2D eigenvalue weighted by atomic mass is 10.2. The van der Waals surface area contributed by atoms with Gasteiger partial charge in [0.15, 0.2) is 12.4 Å². The Morgan fingerprint density at radius 1 is 1.03 bits per heavy atom. The molecule has 0 atom stereocenters. The van der Waals surface area contributed by atoms with Crippen LogP contribution in [0.15, 0.2) is 60.7 Å². The number of benzene rings is 2. The number of carbonyl (C=O) groups is 1. The number of anilines is 1. The first-order chi connectivity index (χ1) is 14.5. The molecule has 0 fully saturated rings. The van der Waals surface area contributed by atoms with Gasteiger partial charge in [0.1, 0.15) is 5.75 Å². The first kappa shape index (κ1) is 19.8. The van der Waals surface area contributed by atoms with Gasteiger partial charge in [0.05, 0.1) is 23.0 Å². The van der Waals surface area contributed by atoms with E-state index in [2.05, 4.69) is 15.1 Å². The number of carbonyl (C=O) groups excluding carboxylic acids is 1. The summed E-state index contributed by atoms with van der Waals surface area (Å²) in [6.45, 7) is 3.76. The van der Waals surface area contributed by atoms with E-state index in [-0.39, 0.29) is 19.1 Å². The average molecular weight is 422 g/mol. The van der Waals surface area contributed by atoms with Gasteiger partial charge in [-0.05, 0) is 38.1 Å². The van der Waals surface area contributed by atoms with E-state index < -0.39 is 0 Å². The fourth-order valence-corrected chi connectivity index (χ4v) is 3.20. The van der Waals surface area contributed by atoms with Gasteiger partial charge in [0.25, 0.3) is 11.7 Å². The molecule has 0 saturated heterocycles. The fraction of sp³-hybridized carbons (Fsp3) is 0.182. The SMILES string of the molecule is Cc1nc2nc(CN(C(=O)COc3ccccc3)c3ccccc3)nn2c(C)c1Cl. The van der Waals surface area contributed by atoms with Crippen LogP contribution in [0.4, 0.5) is 5.69 Å². The highest BCUT2D eigenvalue weighted by Gasteiger charge is 2.20. The number of ether oxygens (including phenoxy) is 1. The summed E-state index contributed by atoms with van der Waals surface area (Å²) in [5.41, 5.74) is 2.17. The summed E-state index contributed by atoms with van der Waals surface area (Å²) in [5, 5.41) is 5.05. The van der Waals surface area contributed by atoms with Crippen molar-refractivity contribution in [3.8, 4) is 5.75 Å². The van der Waals surface area contributed by atoms with Crippen molar-refractivity contribution in [2.45, 2.75) is 20.4 Å². The molecular weight excluding hydrogens is 402 g/mol. The minimum atomic E-state index is -0.206. The van der Waals surface area contributed by atoms with Crippen molar-refractivity contribution in [2.75, 3.05) is 11.5 Å². The van der Waals surface area contributed by atoms with Crippen LogP contribution in [0.1, 0.15) is 17.2 Å². The van der Waals surface area contributed by atoms with Gasteiger partial charge in [-0.15, -0.1) is 5.10 Å². The fourth-order valence-electron chi connectivity index (χ4n) is 3.08. The Bertz CT molecular complexity index is 1180. The number of hydrogen-bond acceptors (Lipinski definition) is 5. The van der Waals surface area contributed by atoms with Gasteiger partial charge < -0.3 is 9.64 Å². The Balaban J connectivity index is 1.61. The number of nitrogens with zero attached hydrogens (tertiary/aromatic N) is 5. The van der Waals surface area contributed by atoms with E-state index in [0.717, 1.165) is 11.4 Å². The van der Waals surface area contributed by atoms with Crippen LogP contribution >= 0.6 is 11.6 Å². The summed E-state index contributed by atoms with van der Waals surface area (Å²) in [6.07, 6.45) is 0. The molecule has 2 heterocycles. The van der Waals surface area contributed by atoms with Crippen molar-refractivity contribution in [2.24, 2.45) is 0 Å². The van der Waals surface area contributed by atoms with Crippen LogP contribution < -0.4 is 9.64 Å². The first-order valence-corrected chi connectivity index (χ1v) is 9.82. The molecule has 0 saturated carbocycles. The van der Waals surface area contributed by atoms with E-state index in [9.17, 15) is 4.79 Å². The number of hydrogen-bond donors (Lipinski definition) is 0. The van der Waals surface area contributed by atoms with E-state index in [0.29, 0.717) is 28.1 Å². The van der Waals surface area contributed by atoms with Crippen molar-refractivity contribution in [3.63, 3.8) is 0 Å². The first-order valence-electron chi connectivity index (χ1n) is 9.44. The molecule has 8 heteroatoms. The number of aromatic nitrogens is 4. The van der Waals surface area contributed by atoms with Gasteiger partial charge in [-0.25, -0.2) is 4.98 Å². The third-order valence-electron chi connectivity index (χ3n) is 4.63. The number of rotatable bonds is 6. The zero-order chi connectivity index (χ0) is 21.1. The second-order valence-corrected chi connectivity index (χ2v) is 7.13. The average Bonchev–Trinajstić information content (AvgIpc) is 3.18. The highest BCUT2D eigenvalue weighted by atomic mass is 35.5. The number of halogens is 1. The maximum Gasteiger partial charge on any atom is 0.265 e. The molecule has 0 radical (unpaired) electrons. The van der Waals surface area contributed by atoms with Crippen molar-refractivity contribution in [3.05, 3.63) is 82.9 Å². The topological polar surface area (TPSA) is 72.6 Å². The van der Waals surface area contributed by atoms with Crippen LogP contribution in [-0.4, -0.2) is 32.1 Å². The minimum Gasteiger partial charge on any atom is -0.484 e. The Kier molecular flexibility index (Phi) is 5.63. The standard InChI is InChI=1S/C22H20ClN5O2/c1-15-21(23)16(2)28-22(24-15)25-19(26-28)13-27(17-9-5-3-6-10-17)20(29)14-30-18-11-7-4-8-12-18/h3-12H,13-14H2,1-2H3. The molecule has 0 aliphatic rings. The lowest BCUT2D eigenvalue weighted by Gasteiger charge is -2.21. The molecule has 0 bridgehead atoms. The zero-order valence-corrected chi connectivity index (χ0v) is 17.4. The Labute approximate surface area is 178 Å². The van der Waals surface area contributed by atoms with Gasteiger partial charge in [0.2, 0.25) is 0 Å². The summed E-state index contributed by atoms with van der Waals surface area (Å²) < 4.78 is 7.25. The second kappa shape index (κ2) is 8.51. The van der Waals surface area contributed by atoms with Crippen molar-refractivity contribution < 1.29 is 9.53 Å². The molecule has 4 aromatic rings. The predicted molar refractivity (Wildman–Crippen MR) is 115 cm³/mol. The van der Waals surface area contributed by atoms with Crippen LogP contribution in [0.3, 0.4) is 0 Å². The Hall–Kier alpha value is -3.45. The number of fused-ring (bicyclic) bond motifs is 1. The number of aryl methyl sites for hydroxylation is 2. The van der Waals surface area contributed by atoms with Crippen molar-refractivity contribution >= 4 is 29.0 Å². The van der Waals surface area contributed by atoms with E-state index in [1.807, 2.05) is 74.5 Å². The Morgan fingerprint density at radius 3 is 2.40 bits per heavy atom. The van der Waals surface area contributed by atoms with E-state index in [1.165, 1.54) is 0 Å². The summed E-state index contributed by atoms with van der Waals surface area (Å²) in [4.78, 5) is 23.5. The van der Waals surface area contributed by atoms with Crippen molar-refractivity contribution in [1.29, 1.82) is 0 Å². The predicted octanol–water partition coefficient (Wildman–Crippen LogP) is 4.01. The van der Waals surface area contributed by atoms with E-state index in [1.54, 1.807) is 9.42 Å². The summed E-state index contributed by atoms with van der Waals surface area (Å²) in [6, 6.07) is 18.6. The van der Waals surface area contributed by atoms with Gasteiger partial charge in [-0.1, -0.05) is 48.0 Å². The summed E-state index contributed by atoms with van der Waals surface area (Å²) in [5.74, 6) is 1.34. The molecule has 4 rings (SSSR count). The largest absolute Gasteiger partial charge is 0.484 e. The molecule has 30 heavy (non-hydrogen) atoms. The molecule has 0 aliphatic heterocycles. The molecule has 1 amide bonds. The summed E-state index contributed by atoms with van der Waals surface area (Å²) >= 11 is 6.29. The molecule has 0 unspecified atom stereocenters. The molecule has 2 aromatic heterocycles. The van der Waals surface area contributed by atoms with Crippen LogP contribution in [0, 0.1) is 13.8 Å². The van der Waals surface area contributed by atoms with Gasteiger partial charge in [0, 0.05) is 5.69 Å². The quantitative estimate of drug-likeness (QED) is 0.470. The van der Waals surface area contributed by atoms with Gasteiger partial charge in [-0.2, -0.15) is 9.50 Å². The normalized spacial score (nSPS) is 10.9. The molecule has 152 valence electrons. The molecule has 0 N–H and O–H groups in total. The Morgan fingerprint density at radius 2 is 1.70 bits per heavy atom. The highest BCUT2D eigenvalue weighted by Crippen LogP contribution is 2.21. The van der Waals surface area contributed by atoms with Crippen LogP contribution in [0.2, 0.25) is 5.02 Å². The van der Waals surface area contributed by atoms with E-state index >= 15 is 0 Å². The van der Waals surface area contributed by atoms with Crippen LogP contribution in [-0.2, 0) is 11.3 Å². The smallest absolute Gasteiger partial charge is 0.265 e.